The number of thiazole rings is 1. The average Bonchev–Trinajstić information content (AvgIpc) is 3.45. The van der Waals surface area contributed by atoms with Crippen molar-refractivity contribution < 1.29 is 24.3 Å². The highest BCUT2D eigenvalue weighted by molar-refractivity contribution is 8.01. The Morgan fingerprint density at radius 1 is 1.51 bits per heavy atom. The highest BCUT2D eigenvalue weighted by Crippen LogP contribution is 2.41. The number of hydrogen-bond acceptors (Lipinski definition) is 13. The van der Waals surface area contributed by atoms with Crippen LogP contribution in [-0.2, 0) is 26.3 Å². The van der Waals surface area contributed by atoms with E-state index in [-0.39, 0.29) is 28.8 Å². The van der Waals surface area contributed by atoms with Crippen LogP contribution < -0.4 is 11.1 Å². The average molecular weight is 538 g/mol. The maximum absolute atomic E-state index is 13.0. The van der Waals surface area contributed by atoms with Crippen LogP contribution in [0.25, 0.3) is 0 Å². The lowest BCUT2D eigenvalue weighted by molar-refractivity contribution is -0.150. The number of nitrogens with zero attached hydrogens (tertiary/aromatic N) is 7. The van der Waals surface area contributed by atoms with Crippen LogP contribution in [0.3, 0.4) is 0 Å². The van der Waals surface area contributed by atoms with Gasteiger partial charge >= 0.3 is 5.97 Å². The van der Waals surface area contributed by atoms with E-state index in [0.717, 1.165) is 11.3 Å². The Morgan fingerprint density at radius 3 is 2.94 bits per heavy atom. The number of aliphatic carboxylic acids is 1. The molecule has 4 N–H and O–H groups in total. The van der Waals surface area contributed by atoms with Crippen LogP contribution in [0.1, 0.15) is 5.69 Å². The van der Waals surface area contributed by atoms with Gasteiger partial charge in [-0.15, -0.1) is 28.2 Å². The zero-order chi connectivity index (χ0) is 25.1. The Hall–Kier alpha value is -3.44. The van der Waals surface area contributed by atoms with E-state index in [1.54, 1.807) is 7.05 Å². The summed E-state index contributed by atoms with van der Waals surface area (Å²) in [7, 11) is 1.67. The number of thioether (sulfide) groups is 2. The molecule has 0 spiro atoms. The topological polar surface area (TPSA) is 191 Å². The Morgan fingerprint density at radius 2 is 2.31 bits per heavy atom. The molecule has 2 atom stereocenters. The van der Waals surface area contributed by atoms with Crippen LogP contribution in [-0.4, -0.2) is 88.2 Å². The number of aryl methyl sites for hydroxylation is 1. The first-order chi connectivity index (χ1) is 16.8. The summed E-state index contributed by atoms with van der Waals surface area (Å²) in [6.07, 6.45) is 1.46. The molecule has 2 aromatic heterocycles. The van der Waals surface area contributed by atoms with Crippen LogP contribution in [0.4, 0.5) is 5.13 Å². The second kappa shape index (κ2) is 10.4. The molecule has 1 saturated heterocycles. The normalized spacial score (nSPS) is 19.7. The third kappa shape index (κ3) is 5.01. The Kier molecular flexibility index (Phi) is 7.37. The van der Waals surface area contributed by atoms with Gasteiger partial charge in [0.15, 0.2) is 10.8 Å². The number of nitrogen functional groups attached to an aromatic ring is 1. The first kappa shape index (κ1) is 24.7. The van der Waals surface area contributed by atoms with Crippen molar-refractivity contribution in [2.45, 2.75) is 16.6 Å². The molecule has 2 aliphatic heterocycles. The van der Waals surface area contributed by atoms with E-state index >= 15 is 0 Å². The predicted octanol–water partition coefficient (Wildman–Crippen LogP) is -0.314. The van der Waals surface area contributed by atoms with E-state index < -0.39 is 29.2 Å². The molecule has 0 radical (unpaired) electrons. The number of β-lactam (4-membered cyclic amide) rings is 1. The molecule has 1 unspecified atom stereocenters. The molecule has 17 heteroatoms. The van der Waals surface area contributed by atoms with Gasteiger partial charge in [-0.25, -0.2) is 14.5 Å². The molecule has 2 aliphatic rings. The van der Waals surface area contributed by atoms with Crippen molar-refractivity contribution in [2.75, 3.05) is 23.8 Å². The van der Waals surface area contributed by atoms with Gasteiger partial charge in [-0.1, -0.05) is 29.6 Å². The quantitative estimate of drug-likeness (QED) is 0.0895. The molecule has 1 fully saturated rings. The van der Waals surface area contributed by atoms with Gasteiger partial charge < -0.3 is 21.0 Å². The van der Waals surface area contributed by atoms with E-state index in [1.165, 1.54) is 44.6 Å². The summed E-state index contributed by atoms with van der Waals surface area (Å²) in [6, 6.07) is -0.945. The smallest absolute Gasteiger partial charge is 0.352 e. The van der Waals surface area contributed by atoms with Gasteiger partial charge in [0, 0.05) is 23.9 Å². The van der Waals surface area contributed by atoms with Gasteiger partial charge in [-0.3, -0.25) is 14.5 Å². The van der Waals surface area contributed by atoms with E-state index in [9.17, 15) is 19.5 Å². The summed E-state index contributed by atoms with van der Waals surface area (Å²) in [5.74, 6) is -1.82. The van der Waals surface area contributed by atoms with Gasteiger partial charge in [-0.05, 0) is 16.0 Å². The number of nitrogens with two attached hydrogens (primary N) is 1. The van der Waals surface area contributed by atoms with Crippen LogP contribution in [0, 0.1) is 0 Å². The zero-order valence-electron chi connectivity index (χ0n) is 18.2. The molecule has 4 heterocycles. The Balaban J connectivity index is 1.49. The first-order valence-corrected chi connectivity index (χ1v) is 12.8. The van der Waals surface area contributed by atoms with E-state index in [2.05, 4.69) is 37.6 Å². The second-order valence-electron chi connectivity index (χ2n) is 7.09. The minimum absolute atomic E-state index is 0.0585. The monoisotopic (exact) mass is 537 g/mol. The molecular weight excluding hydrogens is 518 g/mol. The van der Waals surface area contributed by atoms with E-state index in [4.69, 9.17) is 10.6 Å². The molecule has 0 bridgehead atoms. The van der Waals surface area contributed by atoms with Crippen LogP contribution in [0.15, 0.2) is 39.6 Å². The number of rotatable bonds is 10. The lowest BCUT2D eigenvalue weighted by Crippen LogP contribution is -2.71. The zero-order valence-corrected chi connectivity index (χ0v) is 20.6. The summed E-state index contributed by atoms with van der Waals surface area (Å²) in [6.45, 7) is 3.58. The van der Waals surface area contributed by atoms with Crippen molar-refractivity contribution in [1.82, 2.24) is 35.4 Å². The number of fused-ring (bicyclic) bond motifs is 1. The number of carboxylic acids is 1. The number of nitrogens with one attached hydrogen (secondary N) is 1. The summed E-state index contributed by atoms with van der Waals surface area (Å²) >= 11 is 3.73. The third-order valence-corrected chi connectivity index (χ3v) is 7.93. The Bertz CT molecular complexity index is 1240. The van der Waals surface area contributed by atoms with Crippen LogP contribution in [0.2, 0.25) is 0 Å². The van der Waals surface area contributed by atoms with Crippen molar-refractivity contribution in [3.8, 4) is 0 Å². The van der Waals surface area contributed by atoms with Crippen molar-refractivity contribution in [3.05, 3.63) is 35.0 Å². The minimum Gasteiger partial charge on any atom is -0.477 e. The largest absolute Gasteiger partial charge is 0.477 e. The number of carbonyl (C=O) groups excluding carboxylic acids is 2. The molecule has 4 rings (SSSR count). The molecule has 2 amide bonds. The van der Waals surface area contributed by atoms with Gasteiger partial charge in [0.05, 0.1) is 0 Å². The minimum atomic E-state index is -1.22. The standard InChI is InChI=1S/C18H19N9O5S3/c1-3-4-32-23-10(9-7-34-17(19)20-9)13(28)21-11-14(29)27-12(16(30)31)8(5-33-15(11)27)6-35-18-22-24-25-26(18)2/h3,7,11,15H,1,4-6H2,2H3,(H2,19,20)(H,21,28)(H,30,31)/b23-10-/t11?,15-/m1/s1. The highest BCUT2D eigenvalue weighted by Gasteiger charge is 2.54. The number of carbonyl (C=O) groups is 3. The maximum Gasteiger partial charge on any atom is 0.352 e. The highest BCUT2D eigenvalue weighted by atomic mass is 32.2. The number of anilines is 1. The number of hydrogen-bond donors (Lipinski definition) is 3. The van der Waals surface area contributed by atoms with Crippen LogP contribution in [0.5, 0.6) is 0 Å². The number of amides is 2. The fourth-order valence-corrected chi connectivity index (χ4v) is 6.14. The Labute approximate surface area is 210 Å². The number of oxime groups is 1. The fourth-order valence-electron chi connectivity index (χ4n) is 3.25. The van der Waals surface area contributed by atoms with Gasteiger partial charge in [-0.2, -0.15) is 0 Å². The molecule has 0 aliphatic carbocycles. The van der Waals surface area contributed by atoms with E-state index in [0.29, 0.717) is 22.2 Å². The van der Waals surface area contributed by atoms with E-state index in [1.807, 2.05) is 0 Å². The number of carboxylic acid groups (broad SMARTS) is 1. The van der Waals surface area contributed by atoms with Crippen LogP contribution >= 0.6 is 34.9 Å². The number of tetrazole rings is 1. The SMILES string of the molecule is C=CCO/N=C(\C(=O)NC1C(=O)N2C(C(=O)O)=C(CSc3nnnn3C)CS[C@H]12)c1csc(N)n1. The van der Waals surface area contributed by atoms with Gasteiger partial charge in [0.25, 0.3) is 11.8 Å². The summed E-state index contributed by atoms with van der Waals surface area (Å²) < 4.78 is 1.47. The summed E-state index contributed by atoms with van der Waals surface area (Å²) in [5.41, 5.74) is 6.16. The molecular formula is C18H19N9O5S3. The summed E-state index contributed by atoms with van der Waals surface area (Å²) in [4.78, 5) is 48.2. The van der Waals surface area contributed by atoms with Crippen molar-refractivity contribution in [3.63, 3.8) is 0 Å². The molecule has 0 aromatic carbocycles. The van der Waals surface area contributed by atoms with Gasteiger partial charge in [0.1, 0.15) is 29.4 Å². The molecule has 35 heavy (non-hydrogen) atoms. The molecule has 2 aromatic rings. The van der Waals surface area contributed by atoms with Crippen molar-refractivity contribution in [1.29, 1.82) is 0 Å². The third-order valence-electron chi connectivity index (χ3n) is 4.82. The molecule has 14 nitrogen and oxygen atoms in total. The fraction of sp³-hybridized carbons (Fsp3) is 0.333. The van der Waals surface area contributed by atoms with Crippen molar-refractivity contribution in [2.24, 2.45) is 12.2 Å². The summed E-state index contributed by atoms with van der Waals surface area (Å²) in [5, 5.41) is 29.1. The lowest BCUT2D eigenvalue weighted by atomic mass is 10.0. The van der Waals surface area contributed by atoms with Crippen molar-refractivity contribution >= 4 is 63.5 Å². The predicted molar refractivity (Wildman–Crippen MR) is 128 cm³/mol. The molecule has 184 valence electrons. The first-order valence-electron chi connectivity index (χ1n) is 9.90. The molecule has 0 saturated carbocycles. The van der Waals surface area contributed by atoms with Gasteiger partial charge in [0.2, 0.25) is 5.16 Å². The second-order valence-corrected chi connectivity index (χ2v) is 10.0. The maximum atomic E-state index is 13.0. The number of aromatic nitrogens is 5. The lowest BCUT2D eigenvalue weighted by Gasteiger charge is -2.49.